The van der Waals surface area contributed by atoms with Crippen molar-refractivity contribution in [2.45, 2.75) is 6.04 Å². The SMILES string of the molecule is C=C[C@@H](c1c(Br)ccc(OC)c1O)N1CCNCC1.Cl.Cl. The fourth-order valence-electron chi connectivity index (χ4n) is 2.42. The Morgan fingerprint density at radius 3 is 2.52 bits per heavy atom. The van der Waals surface area contributed by atoms with Crippen molar-refractivity contribution < 1.29 is 9.84 Å². The number of nitrogens with zero attached hydrogens (tertiary/aromatic N) is 1. The Hall–Kier alpha value is -0.460. The summed E-state index contributed by atoms with van der Waals surface area (Å²) >= 11 is 3.51. The third kappa shape index (κ3) is 4.50. The monoisotopic (exact) mass is 398 g/mol. The number of ether oxygens (including phenoxy) is 1. The van der Waals surface area contributed by atoms with Crippen LogP contribution in [-0.4, -0.2) is 43.3 Å². The van der Waals surface area contributed by atoms with Crippen molar-refractivity contribution in [1.82, 2.24) is 10.2 Å². The predicted molar refractivity (Wildman–Crippen MR) is 94.2 cm³/mol. The number of hydrogen-bond acceptors (Lipinski definition) is 4. The highest BCUT2D eigenvalue weighted by Gasteiger charge is 2.25. The van der Waals surface area contributed by atoms with Crippen LogP contribution in [0.2, 0.25) is 0 Å². The normalized spacial score (nSPS) is 16.3. The average molecular weight is 400 g/mol. The van der Waals surface area contributed by atoms with E-state index in [2.05, 4.69) is 32.7 Å². The molecule has 7 heteroatoms. The van der Waals surface area contributed by atoms with Gasteiger partial charge in [-0.2, -0.15) is 0 Å². The van der Waals surface area contributed by atoms with Gasteiger partial charge in [-0.3, -0.25) is 4.90 Å². The molecule has 2 N–H and O–H groups in total. The summed E-state index contributed by atoms with van der Waals surface area (Å²) in [7, 11) is 1.56. The molecule has 1 fully saturated rings. The first-order chi connectivity index (χ1) is 9.19. The molecule has 0 unspecified atom stereocenters. The van der Waals surface area contributed by atoms with Gasteiger partial charge in [0.25, 0.3) is 0 Å². The van der Waals surface area contributed by atoms with Gasteiger partial charge in [0.05, 0.1) is 13.2 Å². The van der Waals surface area contributed by atoms with E-state index in [4.69, 9.17) is 4.74 Å². The van der Waals surface area contributed by atoms with E-state index in [1.165, 1.54) is 0 Å². The van der Waals surface area contributed by atoms with E-state index >= 15 is 0 Å². The number of aromatic hydroxyl groups is 1. The number of methoxy groups -OCH3 is 1. The number of benzene rings is 1. The van der Waals surface area contributed by atoms with Crippen molar-refractivity contribution in [2.75, 3.05) is 33.3 Å². The van der Waals surface area contributed by atoms with Gasteiger partial charge in [0.15, 0.2) is 11.5 Å². The zero-order valence-corrected chi connectivity index (χ0v) is 15.1. The van der Waals surface area contributed by atoms with Crippen LogP contribution in [0.4, 0.5) is 0 Å². The molecule has 1 aromatic carbocycles. The van der Waals surface area contributed by atoms with Crippen LogP contribution in [-0.2, 0) is 0 Å². The molecule has 21 heavy (non-hydrogen) atoms. The molecule has 1 atom stereocenters. The molecule has 1 saturated heterocycles. The summed E-state index contributed by atoms with van der Waals surface area (Å²) in [5.41, 5.74) is 0.816. The molecule has 1 heterocycles. The number of piperazine rings is 1. The Morgan fingerprint density at radius 1 is 1.38 bits per heavy atom. The first-order valence-electron chi connectivity index (χ1n) is 6.31. The molecule has 0 bridgehead atoms. The lowest BCUT2D eigenvalue weighted by atomic mass is 10.0. The second-order valence-electron chi connectivity index (χ2n) is 4.48. The molecule has 0 amide bonds. The van der Waals surface area contributed by atoms with E-state index in [1.54, 1.807) is 13.2 Å². The molecule has 0 spiro atoms. The van der Waals surface area contributed by atoms with E-state index in [0.29, 0.717) is 5.75 Å². The van der Waals surface area contributed by atoms with Gasteiger partial charge in [-0.25, -0.2) is 0 Å². The summed E-state index contributed by atoms with van der Waals surface area (Å²) < 4.78 is 6.06. The van der Waals surface area contributed by atoms with Gasteiger partial charge < -0.3 is 15.2 Å². The van der Waals surface area contributed by atoms with Crippen molar-refractivity contribution in [2.24, 2.45) is 0 Å². The van der Waals surface area contributed by atoms with Crippen LogP contribution in [0.25, 0.3) is 0 Å². The molecular weight excluding hydrogens is 379 g/mol. The third-order valence-corrected chi connectivity index (χ3v) is 4.10. The molecule has 1 aliphatic heterocycles. The lowest BCUT2D eigenvalue weighted by molar-refractivity contribution is 0.199. The summed E-state index contributed by atoms with van der Waals surface area (Å²) in [6, 6.07) is 3.62. The molecule has 2 rings (SSSR count). The summed E-state index contributed by atoms with van der Waals surface area (Å²) in [5.74, 6) is 0.667. The highest BCUT2D eigenvalue weighted by atomic mass is 79.9. The molecule has 4 nitrogen and oxygen atoms in total. The van der Waals surface area contributed by atoms with Crippen LogP contribution >= 0.6 is 40.7 Å². The molecule has 0 aliphatic carbocycles. The number of nitrogens with one attached hydrogen (secondary N) is 1. The van der Waals surface area contributed by atoms with Crippen LogP contribution in [0.5, 0.6) is 11.5 Å². The van der Waals surface area contributed by atoms with Crippen LogP contribution in [0, 0.1) is 0 Å². The van der Waals surface area contributed by atoms with Gasteiger partial charge in [-0.05, 0) is 12.1 Å². The summed E-state index contributed by atoms with van der Waals surface area (Å²) in [5, 5.41) is 13.7. The largest absolute Gasteiger partial charge is 0.504 e. The van der Waals surface area contributed by atoms with E-state index in [0.717, 1.165) is 36.2 Å². The Kier molecular flexibility index (Phi) is 9.33. The molecule has 0 saturated carbocycles. The quantitative estimate of drug-likeness (QED) is 0.763. The third-order valence-electron chi connectivity index (χ3n) is 3.41. The van der Waals surface area contributed by atoms with E-state index < -0.39 is 0 Å². The van der Waals surface area contributed by atoms with Crippen molar-refractivity contribution in [1.29, 1.82) is 0 Å². The van der Waals surface area contributed by atoms with Gasteiger partial charge in [0, 0.05) is 36.2 Å². The Labute approximate surface area is 146 Å². The van der Waals surface area contributed by atoms with Crippen molar-refractivity contribution in [3.05, 3.63) is 34.8 Å². The Balaban J connectivity index is 0.00000200. The predicted octanol–water partition coefficient (Wildman–Crippen LogP) is 3.14. The number of phenolic OH excluding ortho intramolecular Hbond substituents is 1. The Morgan fingerprint density at radius 2 is 2.00 bits per heavy atom. The van der Waals surface area contributed by atoms with Crippen LogP contribution < -0.4 is 10.1 Å². The van der Waals surface area contributed by atoms with Crippen LogP contribution in [0.1, 0.15) is 11.6 Å². The minimum absolute atomic E-state index is 0. The van der Waals surface area contributed by atoms with Gasteiger partial charge >= 0.3 is 0 Å². The van der Waals surface area contributed by atoms with Crippen LogP contribution in [0.3, 0.4) is 0 Å². The summed E-state index contributed by atoms with van der Waals surface area (Å²) in [4.78, 5) is 2.29. The van der Waals surface area contributed by atoms with E-state index in [1.807, 2.05) is 12.1 Å². The van der Waals surface area contributed by atoms with Gasteiger partial charge in [-0.15, -0.1) is 31.4 Å². The minimum atomic E-state index is -0.0217. The zero-order chi connectivity index (χ0) is 13.8. The van der Waals surface area contributed by atoms with Gasteiger partial charge in [0.2, 0.25) is 0 Å². The standard InChI is InChI=1S/C14H19BrN2O2.2ClH/c1-3-11(17-8-6-16-7-9-17)13-10(15)4-5-12(19-2)14(13)18;;/h3-5,11,16,18H,1,6-9H2,2H3;2*1H/t11-;;/m0../s1. The lowest BCUT2D eigenvalue weighted by Gasteiger charge is -2.34. The fourth-order valence-corrected chi connectivity index (χ4v) is 2.97. The molecular formula is C14H21BrCl2N2O2. The molecule has 120 valence electrons. The van der Waals surface area contributed by atoms with Gasteiger partial charge in [-0.1, -0.05) is 22.0 Å². The molecule has 1 aromatic rings. The van der Waals surface area contributed by atoms with Crippen molar-refractivity contribution >= 4 is 40.7 Å². The Bertz CT molecular complexity index is 469. The lowest BCUT2D eigenvalue weighted by Crippen LogP contribution is -2.44. The number of hydrogen-bond donors (Lipinski definition) is 2. The zero-order valence-electron chi connectivity index (χ0n) is 11.8. The molecule has 0 aromatic heterocycles. The second-order valence-corrected chi connectivity index (χ2v) is 5.33. The van der Waals surface area contributed by atoms with Gasteiger partial charge in [0.1, 0.15) is 0 Å². The minimum Gasteiger partial charge on any atom is -0.504 e. The van der Waals surface area contributed by atoms with Crippen molar-refractivity contribution in [3.8, 4) is 11.5 Å². The van der Waals surface area contributed by atoms with E-state index in [9.17, 15) is 5.11 Å². The maximum atomic E-state index is 10.4. The smallest absolute Gasteiger partial charge is 0.164 e. The first kappa shape index (κ1) is 20.5. The van der Waals surface area contributed by atoms with E-state index in [-0.39, 0.29) is 36.6 Å². The molecule has 1 aliphatic rings. The maximum absolute atomic E-state index is 10.4. The first-order valence-corrected chi connectivity index (χ1v) is 7.11. The average Bonchev–Trinajstić information content (AvgIpc) is 2.44. The van der Waals surface area contributed by atoms with Crippen LogP contribution in [0.15, 0.2) is 29.3 Å². The highest BCUT2D eigenvalue weighted by Crippen LogP contribution is 2.41. The maximum Gasteiger partial charge on any atom is 0.164 e. The summed E-state index contributed by atoms with van der Waals surface area (Å²) in [6.07, 6.45) is 1.87. The van der Waals surface area contributed by atoms with Crippen molar-refractivity contribution in [3.63, 3.8) is 0 Å². The number of rotatable bonds is 4. The fraction of sp³-hybridized carbons (Fsp3) is 0.429. The highest BCUT2D eigenvalue weighted by molar-refractivity contribution is 9.10. The molecule has 0 radical (unpaired) electrons. The second kappa shape index (κ2) is 9.54. The topological polar surface area (TPSA) is 44.7 Å². The summed E-state index contributed by atoms with van der Waals surface area (Å²) in [6.45, 7) is 7.68. The number of phenols is 1. The number of halogens is 3.